The highest BCUT2D eigenvalue weighted by atomic mass is 15.1. The number of hydrogen-bond acceptors (Lipinski definition) is 9. The predicted molar refractivity (Wildman–Crippen MR) is 370 cm³/mol. The number of fused-ring (bicyclic) bond motifs is 6. The van der Waals surface area contributed by atoms with Crippen LogP contribution >= 0.6 is 0 Å². The normalized spacial score (nSPS) is 11.5. The largest absolute Gasteiger partial charge is 0.309 e. The summed E-state index contributed by atoms with van der Waals surface area (Å²) >= 11 is 0. The van der Waals surface area contributed by atoms with Gasteiger partial charge in [0.2, 0.25) is 0 Å². The Morgan fingerprint density at radius 1 is 0.163 bits per heavy atom. The molecule has 430 valence electrons. The third-order valence-electron chi connectivity index (χ3n) is 16.9. The quantitative estimate of drug-likeness (QED) is 0.118. The van der Waals surface area contributed by atoms with Crippen molar-refractivity contribution in [3.8, 4) is 125 Å². The van der Waals surface area contributed by atoms with Gasteiger partial charge in [0.25, 0.3) is 0 Å². The maximum atomic E-state index is 5.28. The van der Waals surface area contributed by atoms with Gasteiger partial charge in [-0.1, -0.05) is 237 Å². The smallest absolute Gasteiger partial charge is 0.164 e. The van der Waals surface area contributed by atoms with E-state index in [9.17, 15) is 0 Å². The van der Waals surface area contributed by atoms with E-state index >= 15 is 0 Å². The Morgan fingerprint density at radius 2 is 0.413 bits per heavy atom. The number of rotatable bonds is 12. The average Bonchev–Trinajstić information content (AvgIpc) is 1.62. The van der Waals surface area contributed by atoms with E-state index in [4.69, 9.17) is 44.9 Å². The SMILES string of the molecule is c1ccc(-c2nc(-c3ccccc3)nc(-c3ccc(-n4c5ccccc5c5cc(-c6nc(-c7ccccc7)nc(-c7ccccc7)n6)ccc54)c(-c4ccccc4-n4c5ccccc5c5cc(-c6nc(-c7ccccc7)nc(-c7ccccc7)n6)ccc54)c3)n2)cc1. The van der Waals surface area contributed by atoms with Crippen molar-refractivity contribution in [1.29, 1.82) is 0 Å². The van der Waals surface area contributed by atoms with E-state index in [0.29, 0.717) is 52.4 Å². The zero-order chi connectivity index (χ0) is 60.9. The van der Waals surface area contributed by atoms with Gasteiger partial charge in [-0.15, -0.1) is 0 Å². The van der Waals surface area contributed by atoms with Crippen LogP contribution in [0.25, 0.3) is 169 Å². The molecule has 5 aromatic heterocycles. The second-order valence-corrected chi connectivity index (χ2v) is 22.5. The van der Waals surface area contributed by atoms with Crippen LogP contribution in [0, 0.1) is 0 Å². The highest BCUT2D eigenvalue weighted by Gasteiger charge is 2.24. The molecule has 0 atom stereocenters. The number of nitrogens with zero attached hydrogens (tertiary/aromatic N) is 11. The number of hydrogen-bond donors (Lipinski definition) is 0. The van der Waals surface area contributed by atoms with Gasteiger partial charge in [0.15, 0.2) is 52.4 Å². The summed E-state index contributed by atoms with van der Waals surface area (Å²) < 4.78 is 4.78. The summed E-state index contributed by atoms with van der Waals surface area (Å²) in [4.78, 5) is 46.3. The minimum atomic E-state index is 0.547. The van der Waals surface area contributed by atoms with Crippen molar-refractivity contribution in [2.75, 3.05) is 0 Å². The maximum absolute atomic E-state index is 5.28. The van der Waals surface area contributed by atoms with Gasteiger partial charge < -0.3 is 9.13 Å². The van der Waals surface area contributed by atoms with Crippen LogP contribution in [0.1, 0.15) is 0 Å². The molecule has 0 bridgehead atoms. The molecule has 0 saturated carbocycles. The summed E-state index contributed by atoms with van der Waals surface area (Å²) in [5.41, 5.74) is 16.0. The lowest BCUT2D eigenvalue weighted by atomic mass is 9.98. The fourth-order valence-corrected chi connectivity index (χ4v) is 12.5. The van der Waals surface area contributed by atoms with Crippen LogP contribution in [0.3, 0.4) is 0 Å². The molecule has 0 saturated heterocycles. The van der Waals surface area contributed by atoms with Gasteiger partial charge in [0.1, 0.15) is 0 Å². The molecule has 0 radical (unpaired) electrons. The van der Waals surface area contributed by atoms with E-state index in [2.05, 4.69) is 137 Å². The summed E-state index contributed by atoms with van der Waals surface area (Å²) in [7, 11) is 0. The lowest BCUT2D eigenvalue weighted by Gasteiger charge is -2.20. The molecule has 0 aliphatic carbocycles. The lowest BCUT2D eigenvalue weighted by Crippen LogP contribution is -2.03. The predicted octanol–water partition coefficient (Wildman–Crippen LogP) is 19.1. The van der Waals surface area contributed by atoms with Gasteiger partial charge in [0.05, 0.1) is 33.4 Å². The summed E-state index contributed by atoms with van der Waals surface area (Å²) in [5, 5.41) is 4.27. The zero-order valence-corrected chi connectivity index (χ0v) is 49.4. The standard InChI is InChI=1S/C81H51N11/c1-7-25-52(26-8-1)73-82-74(53-27-9-2-10-28-53)86-79(85-73)58-43-46-70-64(49-58)61-37-19-22-40-67(61)91(70)68-41-23-20-38-62(68)65-50-59(80-87-75(54-29-11-3-12-30-54)83-76(88-80)55-31-13-4-14-32-55)44-47-71(65)92-69-42-24-21-39-63(69)66-51-60(45-48-72(66)92)81-89-77(56-33-15-5-16-34-56)84-78(90-81)57-35-17-6-18-36-57/h1-51H. The second-order valence-electron chi connectivity index (χ2n) is 22.5. The Morgan fingerprint density at radius 3 is 0.761 bits per heavy atom. The molecule has 0 spiro atoms. The first-order valence-corrected chi connectivity index (χ1v) is 30.5. The van der Waals surface area contributed by atoms with Crippen molar-refractivity contribution in [1.82, 2.24) is 54.0 Å². The van der Waals surface area contributed by atoms with E-state index in [0.717, 1.165) is 116 Å². The first-order chi connectivity index (χ1) is 45.6. The molecule has 11 nitrogen and oxygen atoms in total. The first-order valence-electron chi connectivity index (χ1n) is 30.5. The molecular formula is C81H51N11. The Kier molecular flexibility index (Phi) is 13.2. The number of aromatic nitrogens is 11. The maximum Gasteiger partial charge on any atom is 0.164 e. The lowest BCUT2D eigenvalue weighted by molar-refractivity contribution is 1.07. The monoisotopic (exact) mass is 1180 g/mol. The summed E-state index contributed by atoms with van der Waals surface area (Å²) in [6, 6.07) is 106. The summed E-state index contributed by atoms with van der Waals surface area (Å²) in [6.07, 6.45) is 0. The molecule has 92 heavy (non-hydrogen) atoms. The van der Waals surface area contributed by atoms with E-state index in [1.807, 2.05) is 182 Å². The van der Waals surface area contributed by atoms with Crippen molar-refractivity contribution in [2.45, 2.75) is 0 Å². The molecule has 12 aromatic carbocycles. The third-order valence-corrected chi connectivity index (χ3v) is 16.9. The molecule has 5 heterocycles. The van der Waals surface area contributed by atoms with Crippen molar-refractivity contribution < 1.29 is 0 Å². The van der Waals surface area contributed by atoms with E-state index in [1.165, 1.54) is 0 Å². The van der Waals surface area contributed by atoms with Gasteiger partial charge in [-0.3, -0.25) is 0 Å². The van der Waals surface area contributed by atoms with Crippen LogP contribution in [0.5, 0.6) is 0 Å². The van der Waals surface area contributed by atoms with Crippen LogP contribution in [0.4, 0.5) is 0 Å². The van der Waals surface area contributed by atoms with E-state index in [-0.39, 0.29) is 0 Å². The second kappa shape index (κ2) is 22.8. The molecule has 0 N–H and O–H groups in total. The molecule has 0 aliphatic rings. The molecule has 11 heteroatoms. The average molecular weight is 1180 g/mol. The highest BCUT2D eigenvalue weighted by molar-refractivity contribution is 6.13. The van der Waals surface area contributed by atoms with Gasteiger partial charge in [-0.2, -0.15) is 0 Å². The van der Waals surface area contributed by atoms with Crippen molar-refractivity contribution in [2.24, 2.45) is 0 Å². The first kappa shape index (κ1) is 53.5. The third kappa shape index (κ3) is 9.70. The van der Waals surface area contributed by atoms with E-state index in [1.54, 1.807) is 0 Å². The van der Waals surface area contributed by atoms with Gasteiger partial charge in [-0.05, 0) is 72.8 Å². The zero-order valence-electron chi connectivity index (χ0n) is 49.4. The Labute approximate surface area is 529 Å². The summed E-state index contributed by atoms with van der Waals surface area (Å²) in [5.74, 6) is 5.30. The molecule has 0 fully saturated rings. The van der Waals surface area contributed by atoms with Crippen LogP contribution < -0.4 is 0 Å². The molecule has 17 aromatic rings. The van der Waals surface area contributed by atoms with Crippen LogP contribution in [0.2, 0.25) is 0 Å². The minimum absolute atomic E-state index is 0.547. The highest BCUT2D eigenvalue weighted by Crippen LogP contribution is 2.44. The molecular weight excluding hydrogens is 1130 g/mol. The van der Waals surface area contributed by atoms with Gasteiger partial charge in [0, 0.05) is 82.7 Å². The van der Waals surface area contributed by atoms with Crippen molar-refractivity contribution >= 4 is 43.6 Å². The molecule has 0 amide bonds. The van der Waals surface area contributed by atoms with Gasteiger partial charge in [-0.25, -0.2) is 44.9 Å². The fraction of sp³-hybridized carbons (Fsp3) is 0. The number of benzene rings is 12. The summed E-state index contributed by atoms with van der Waals surface area (Å²) in [6.45, 7) is 0. The molecule has 17 rings (SSSR count). The fourth-order valence-electron chi connectivity index (χ4n) is 12.5. The molecule has 0 aliphatic heterocycles. The van der Waals surface area contributed by atoms with Crippen LogP contribution in [-0.2, 0) is 0 Å². The van der Waals surface area contributed by atoms with Crippen LogP contribution in [0.15, 0.2) is 309 Å². The van der Waals surface area contributed by atoms with Gasteiger partial charge >= 0.3 is 0 Å². The van der Waals surface area contributed by atoms with Crippen molar-refractivity contribution in [3.63, 3.8) is 0 Å². The van der Waals surface area contributed by atoms with Crippen LogP contribution in [-0.4, -0.2) is 54.0 Å². The Hall–Kier alpha value is -12.7. The van der Waals surface area contributed by atoms with E-state index < -0.39 is 0 Å². The topological polar surface area (TPSA) is 126 Å². The van der Waals surface area contributed by atoms with Crippen molar-refractivity contribution in [3.05, 3.63) is 309 Å². The Balaban J connectivity index is 0.883. The molecule has 0 unspecified atom stereocenters. The minimum Gasteiger partial charge on any atom is -0.309 e. The number of para-hydroxylation sites is 3. The Bertz CT molecular complexity index is 5450.